The topological polar surface area (TPSA) is 113 Å². The molecule has 0 aliphatic carbocycles. The zero-order chi connectivity index (χ0) is 17.0. The number of hydrogen-bond donors (Lipinski definition) is 1. The molecule has 23 heavy (non-hydrogen) atoms. The Labute approximate surface area is 144 Å². The molecular formula is C13H9BrN4O3S2. The number of rotatable bonds is 4. The number of aromatic nitrogens is 2. The first-order valence-electron chi connectivity index (χ1n) is 6.02. The van der Waals surface area contributed by atoms with Gasteiger partial charge in [-0.15, -0.1) is 10.2 Å². The lowest BCUT2D eigenvalue weighted by Crippen LogP contribution is -2.13. The lowest BCUT2D eigenvalue weighted by atomic mass is 10.1. The van der Waals surface area contributed by atoms with Gasteiger partial charge in [-0.05, 0) is 23.8 Å². The minimum Gasteiger partial charge on any atom is -0.296 e. The van der Waals surface area contributed by atoms with Crippen molar-refractivity contribution in [2.45, 2.75) is 4.34 Å². The Balaban J connectivity index is 2.19. The second kappa shape index (κ2) is 6.99. The van der Waals surface area contributed by atoms with E-state index in [4.69, 9.17) is 5.26 Å². The molecule has 1 aromatic carbocycles. The fourth-order valence-corrected chi connectivity index (χ4v) is 3.22. The number of carbonyl (C=O) groups is 1. The monoisotopic (exact) mass is 412 g/mol. The van der Waals surface area contributed by atoms with Gasteiger partial charge in [-0.1, -0.05) is 39.4 Å². The average molecular weight is 413 g/mol. The lowest BCUT2D eigenvalue weighted by Gasteiger charge is -2.00. The Morgan fingerprint density at radius 3 is 2.52 bits per heavy atom. The van der Waals surface area contributed by atoms with Crippen LogP contribution < -0.4 is 5.32 Å². The summed E-state index contributed by atoms with van der Waals surface area (Å²) >= 11 is 4.01. The molecule has 7 nitrogen and oxygen atoms in total. The van der Waals surface area contributed by atoms with E-state index in [1.165, 1.54) is 6.08 Å². The van der Waals surface area contributed by atoms with E-state index in [2.05, 4.69) is 31.4 Å². The number of nitriles is 1. The molecule has 1 N–H and O–H groups in total. The van der Waals surface area contributed by atoms with Crippen molar-refractivity contribution in [2.24, 2.45) is 0 Å². The van der Waals surface area contributed by atoms with Gasteiger partial charge in [0.2, 0.25) is 19.3 Å². The van der Waals surface area contributed by atoms with Crippen LogP contribution in [0.25, 0.3) is 6.08 Å². The summed E-state index contributed by atoms with van der Waals surface area (Å²) in [5, 5.41) is 18.5. The van der Waals surface area contributed by atoms with Gasteiger partial charge in [0, 0.05) is 10.7 Å². The van der Waals surface area contributed by atoms with Crippen LogP contribution >= 0.6 is 27.3 Å². The smallest absolute Gasteiger partial charge is 0.268 e. The van der Waals surface area contributed by atoms with E-state index in [0.717, 1.165) is 22.1 Å². The van der Waals surface area contributed by atoms with Crippen LogP contribution in [0.4, 0.5) is 5.13 Å². The second-order valence-electron chi connectivity index (χ2n) is 4.32. The molecule has 0 unspecified atom stereocenters. The van der Waals surface area contributed by atoms with E-state index < -0.39 is 15.7 Å². The van der Waals surface area contributed by atoms with Crippen LogP contribution in [0, 0.1) is 11.3 Å². The third-order valence-electron chi connectivity index (χ3n) is 2.49. The molecule has 0 bridgehead atoms. The number of sulfone groups is 1. The molecule has 0 atom stereocenters. The summed E-state index contributed by atoms with van der Waals surface area (Å²) in [6, 6.07) is 8.83. The quantitative estimate of drug-likeness (QED) is 0.467. The minimum atomic E-state index is -3.49. The Morgan fingerprint density at radius 1 is 1.35 bits per heavy atom. The van der Waals surface area contributed by atoms with Gasteiger partial charge in [0.05, 0.1) is 0 Å². The zero-order valence-corrected chi connectivity index (χ0v) is 14.9. The van der Waals surface area contributed by atoms with Crippen molar-refractivity contribution in [1.29, 1.82) is 5.26 Å². The Hall–Kier alpha value is -2.09. The number of benzene rings is 1. The molecule has 1 amide bonds. The van der Waals surface area contributed by atoms with Crippen LogP contribution in [-0.4, -0.2) is 30.8 Å². The molecule has 0 aliphatic heterocycles. The van der Waals surface area contributed by atoms with Gasteiger partial charge in [0.25, 0.3) is 5.91 Å². The molecule has 10 heteroatoms. The highest BCUT2D eigenvalue weighted by atomic mass is 79.9. The van der Waals surface area contributed by atoms with Crippen LogP contribution in [0.2, 0.25) is 0 Å². The van der Waals surface area contributed by atoms with E-state index in [-0.39, 0.29) is 15.0 Å². The fourth-order valence-electron chi connectivity index (χ4n) is 1.45. The largest absolute Gasteiger partial charge is 0.296 e. The predicted octanol–water partition coefficient (Wildman–Crippen LogP) is 2.25. The van der Waals surface area contributed by atoms with Gasteiger partial charge < -0.3 is 0 Å². The molecule has 0 fully saturated rings. The van der Waals surface area contributed by atoms with E-state index >= 15 is 0 Å². The summed E-state index contributed by atoms with van der Waals surface area (Å²) in [6.07, 6.45) is 2.41. The normalized spacial score (nSPS) is 11.8. The zero-order valence-electron chi connectivity index (χ0n) is 11.6. The van der Waals surface area contributed by atoms with Crippen molar-refractivity contribution in [3.05, 3.63) is 39.9 Å². The predicted molar refractivity (Wildman–Crippen MR) is 89.4 cm³/mol. The van der Waals surface area contributed by atoms with Crippen molar-refractivity contribution < 1.29 is 13.2 Å². The van der Waals surface area contributed by atoms with Gasteiger partial charge in [-0.25, -0.2) is 8.42 Å². The highest BCUT2D eigenvalue weighted by molar-refractivity contribution is 9.10. The fraction of sp³-hybridized carbons (Fsp3) is 0.0769. The first kappa shape index (κ1) is 17.3. The van der Waals surface area contributed by atoms with Gasteiger partial charge in [-0.2, -0.15) is 5.26 Å². The summed E-state index contributed by atoms with van der Waals surface area (Å²) in [5.74, 6) is -0.688. The number of anilines is 1. The number of hydrogen-bond acceptors (Lipinski definition) is 7. The van der Waals surface area contributed by atoms with E-state index in [1.807, 2.05) is 0 Å². The van der Waals surface area contributed by atoms with Gasteiger partial charge >= 0.3 is 0 Å². The highest BCUT2D eigenvalue weighted by Crippen LogP contribution is 2.20. The van der Waals surface area contributed by atoms with Gasteiger partial charge in [0.1, 0.15) is 11.6 Å². The molecule has 0 saturated heterocycles. The van der Waals surface area contributed by atoms with Crippen molar-refractivity contribution in [3.8, 4) is 6.07 Å². The lowest BCUT2D eigenvalue weighted by molar-refractivity contribution is -0.112. The van der Waals surface area contributed by atoms with Crippen LogP contribution in [0.3, 0.4) is 0 Å². The average Bonchev–Trinajstić information content (AvgIpc) is 2.95. The maximum atomic E-state index is 12.1. The van der Waals surface area contributed by atoms with E-state index in [1.54, 1.807) is 30.3 Å². The molecule has 0 spiro atoms. The first-order chi connectivity index (χ1) is 10.8. The van der Waals surface area contributed by atoms with Crippen molar-refractivity contribution >= 4 is 54.2 Å². The van der Waals surface area contributed by atoms with E-state index in [9.17, 15) is 13.2 Å². The van der Waals surface area contributed by atoms with Crippen LogP contribution in [-0.2, 0) is 14.6 Å². The summed E-state index contributed by atoms with van der Waals surface area (Å²) < 4.78 is 23.3. The van der Waals surface area contributed by atoms with Crippen LogP contribution in [0.1, 0.15) is 5.56 Å². The molecule has 1 aromatic heterocycles. The second-order valence-corrected chi connectivity index (χ2v) is 8.40. The van der Waals surface area contributed by atoms with Gasteiger partial charge in [-0.3, -0.25) is 10.1 Å². The number of nitrogens with zero attached hydrogens (tertiary/aromatic N) is 3. The van der Waals surface area contributed by atoms with E-state index in [0.29, 0.717) is 5.56 Å². The Bertz CT molecular complexity index is 911. The number of amides is 1. The maximum absolute atomic E-state index is 12.1. The maximum Gasteiger partial charge on any atom is 0.268 e. The molecule has 1 heterocycles. The summed E-state index contributed by atoms with van der Waals surface area (Å²) in [5.41, 5.74) is 0.539. The molecule has 0 radical (unpaired) electrons. The molecule has 0 saturated carbocycles. The standard InChI is InChI=1S/C13H9BrN4O3S2/c1-23(20,21)13-18-17-12(22-13)16-11(19)9(7-15)6-8-2-4-10(14)5-3-8/h2-6H,1H3,(H,16,17,19). The molecule has 0 aliphatic rings. The van der Waals surface area contributed by atoms with Crippen LogP contribution in [0.15, 0.2) is 38.7 Å². The number of nitrogens with one attached hydrogen (secondary N) is 1. The summed E-state index contributed by atoms with van der Waals surface area (Å²) in [7, 11) is -3.49. The van der Waals surface area contributed by atoms with Crippen LogP contribution in [0.5, 0.6) is 0 Å². The first-order valence-corrected chi connectivity index (χ1v) is 9.52. The molecule has 2 rings (SSSR count). The SMILES string of the molecule is CS(=O)(=O)c1nnc(NC(=O)C(C#N)=Cc2ccc(Br)cc2)s1. The Kier molecular flexibility index (Phi) is 5.25. The third kappa shape index (κ3) is 4.69. The third-order valence-corrected chi connectivity index (χ3v) is 5.53. The molecule has 2 aromatic rings. The van der Waals surface area contributed by atoms with Gasteiger partial charge in [0.15, 0.2) is 0 Å². The Morgan fingerprint density at radius 2 is 2.00 bits per heavy atom. The molecule has 118 valence electrons. The number of carbonyl (C=O) groups excluding carboxylic acids is 1. The number of halogens is 1. The van der Waals surface area contributed by atoms with Crippen molar-refractivity contribution in [3.63, 3.8) is 0 Å². The summed E-state index contributed by atoms with van der Waals surface area (Å²) in [6.45, 7) is 0. The minimum absolute atomic E-state index is 0.00683. The van der Waals surface area contributed by atoms with Crippen molar-refractivity contribution in [1.82, 2.24) is 10.2 Å². The highest BCUT2D eigenvalue weighted by Gasteiger charge is 2.17. The van der Waals surface area contributed by atoms with Crippen molar-refractivity contribution in [2.75, 3.05) is 11.6 Å². The molecular weight excluding hydrogens is 404 g/mol. The summed E-state index contributed by atoms with van der Waals surface area (Å²) in [4.78, 5) is 12.1.